The normalized spacial score (nSPS) is 10.2. The van der Waals surface area contributed by atoms with Crippen molar-refractivity contribution in [2.45, 2.75) is 0 Å². The highest BCUT2D eigenvalue weighted by molar-refractivity contribution is 5.84. The molecule has 0 spiro atoms. The maximum Gasteiger partial charge on any atom is 0.0739 e. The van der Waals surface area contributed by atoms with Gasteiger partial charge >= 0.3 is 0 Å². The van der Waals surface area contributed by atoms with Gasteiger partial charge in [0.25, 0.3) is 0 Å². The van der Waals surface area contributed by atoms with Crippen LogP contribution in [-0.4, -0.2) is 11.4 Å². The molecule has 2 nitrogen and oxygen atoms in total. The molecule has 0 radical (unpaired) electrons. The quantitative estimate of drug-likeness (QED) is 0.388. The lowest BCUT2D eigenvalue weighted by Gasteiger charge is -1.96. The molecule has 0 aliphatic carbocycles. The lowest BCUT2D eigenvalue weighted by atomic mass is 10.1. The van der Waals surface area contributed by atoms with Crippen LogP contribution >= 0.6 is 0 Å². The van der Waals surface area contributed by atoms with Gasteiger partial charge in [-0.3, -0.25) is 0 Å². The summed E-state index contributed by atoms with van der Waals surface area (Å²) >= 11 is 0. The summed E-state index contributed by atoms with van der Waals surface area (Å²) in [5, 5.41) is 11.2. The lowest BCUT2D eigenvalue weighted by molar-refractivity contribution is 0.322. The fourth-order valence-electron chi connectivity index (χ4n) is 0.877. The van der Waals surface area contributed by atoms with E-state index in [9.17, 15) is 0 Å². The molecule has 0 saturated carbocycles. The largest absolute Gasteiger partial charge is 0.411 e. The number of hydrogen-bond acceptors (Lipinski definition) is 2. The molecule has 0 heterocycles. The second kappa shape index (κ2) is 3.56. The third-order valence-electron chi connectivity index (χ3n) is 1.41. The number of oxime groups is 1. The smallest absolute Gasteiger partial charge is 0.0739 e. The van der Waals surface area contributed by atoms with Crippen LogP contribution < -0.4 is 0 Å². The minimum atomic E-state index is 0.866. The molecule has 1 aromatic rings. The molecular formula is C9H9NO. The fraction of sp³-hybridized carbons (Fsp3) is 0. The number of rotatable bonds is 2. The minimum absolute atomic E-state index is 0.866. The zero-order chi connectivity index (χ0) is 8.10. The molecule has 1 N–H and O–H groups in total. The van der Waals surface area contributed by atoms with Crippen molar-refractivity contribution >= 4 is 12.3 Å². The zero-order valence-electron chi connectivity index (χ0n) is 6.07. The number of nitrogens with zero attached hydrogens (tertiary/aromatic N) is 1. The summed E-state index contributed by atoms with van der Waals surface area (Å²) in [6.07, 6.45) is 3.11. The molecule has 0 fully saturated rings. The van der Waals surface area contributed by atoms with E-state index >= 15 is 0 Å². The molecule has 0 atom stereocenters. The van der Waals surface area contributed by atoms with Crippen molar-refractivity contribution < 1.29 is 5.21 Å². The van der Waals surface area contributed by atoms with Crippen LogP contribution in [0.5, 0.6) is 0 Å². The Hall–Kier alpha value is -1.57. The zero-order valence-corrected chi connectivity index (χ0v) is 6.07. The summed E-state index contributed by atoms with van der Waals surface area (Å²) in [4.78, 5) is 0. The Kier molecular flexibility index (Phi) is 2.44. The molecule has 56 valence electrons. The van der Waals surface area contributed by atoms with Crippen LogP contribution in [0.3, 0.4) is 0 Å². The van der Waals surface area contributed by atoms with Gasteiger partial charge in [0.05, 0.1) is 6.21 Å². The van der Waals surface area contributed by atoms with Gasteiger partial charge in [-0.1, -0.05) is 42.1 Å². The highest BCUT2D eigenvalue weighted by Crippen LogP contribution is 2.06. The standard InChI is InChI=1S/C9H9NO/c1-2-8-5-3-4-6-9(8)7-10-11/h2-7,11H,1H2/b10-7+. The van der Waals surface area contributed by atoms with Gasteiger partial charge in [-0.15, -0.1) is 0 Å². The Bertz CT molecular complexity index is 279. The van der Waals surface area contributed by atoms with Gasteiger partial charge < -0.3 is 5.21 Å². The molecule has 0 aliphatic rings. The van der Waals surface area contributed by atoms with E-state index in [2.05, 4.69) is 11.7 Å². The first-order valence-corrected chi connectivity index (χ1v) is 3.27. The number of benzene rings is 1. The van der Waals surface area contributed by atoms with Crippen molar-refractivity contribution in [2.75, 3.05) is 0 Å². The summed E-state index contributed by atoms with van der Waals surface area (Å²) in [5.41, 5.74) is 1.83. The van der Waals surface area contributed by atoms with Crippen LogP contribution in [-0.2, 0) is 0 Å². The Morgan fingerprint density at radius 3 is 2.45 bits per heavy atom. The minimum Gasteiger partial charge on any atom is -0.411 e. The summed E-state index contributed by atoms with van der Waals surface area (Å²) in [6.45, 7) is 3.63. The van der Waals surface area contributed by atoms with Crippen molar-refractivity contribution in [1.82, 2.24) is 0 Å². The van der Waals surface area contributed by atoms with Gasteiger partial charge in [-0.25, -0.2) is 0 Å². The van der Waals surface area contributed by atoms with E-state index in [1.54, 1.807) is 6.08 Å². The van der Waals surface area contributed by atoms with E-state index < -0.39 is 0 Å². The summed E-state index contributed by atoms with van der Waals surface area (Å²) in [5.74, 6) is 0. The monoisotopic (exact) mass is 147 g/mol. The Morgan fingerprint density at radius 1 is 1.27 bits per heavy atom. The molecule has 1 rings (SSSR count). The van der Waals surface area contributed by atoms with Crippen LogP contribution in [0.1, 0.15) is 11.1 Å². The molecule has 1 aromatic carbocycles. The van der Waals surface area contributed by atoms with E-state index in [1.807, 2.05) is 24.3 Å². The molecule has 2 heteroatoms. The van der Waals surface area contributed by atoms with E-state index in [-0.39, 0.29) is 0 Å². The Balaban J connectivity index is 3.11. The first-order chi connectivity index (χ1) is 5.38. The molecule has 0 amide bonds. The van der Waals surface area contributed by atoms with Gasteiger partial charge in [-0.05, 0) is 5.56 Å². The predicted octanol–water partition coefficient (Wildman–Crippen LogP) is 2.14. The third-order valence-corrected chi connectivity index (χ3v) is 1.41. The van der Waals surface area contributed by atoms with Crippen LogP contribution in [0, 0.1) is 0 Å². The second-order valence-electron chi connectivity index (χ2n) is 2.08. The molecular weight excluding hydrogens is 138 g/mol. The van der Waals surface area contributed by atoms with Gasteiger partial charge in [0.15, 0.2) is 0 Å². The van der Waals surface area contributed by atoms with Crippen molar-refractivity contribution in [3.05, 3.63) is 42.0 Å². The van der Waals surface area contributed by atoms with Crippen molar-refractivity contribution in [1.29, 1.82) is 0 Å². The highest BCUT2D eigenvalue weighted by atomic mass is 16.4. The van der Waals surface area contributed by atoms with E-state index in [4.69, 9.17) is 5.21 Å². The van der Waals surface area contributed by atoms with Gasteiger partial charge in [0.1, 0.15) is 0 Å². The highest BCUT2D eigenvalue weighted by Gasteiger charge is 1.92. The maximum atomic E-state index is 8.27. The van der Waals surface area contributed by atoms with Gasteiger partial charge in [0.2, 0.25) is 0 Å². The Morgan fingerprint density at radius 2 is 1.91 bits per heavy atom. The average Bonchev–Trinajstić information content (AvgIpc) is 2.06. The summed E-state index contributed by atoms with van der Waals surface area (Å²) in [6, 6.07) is 7.55. The molecule has 0 saturated heterocycles. The first kappa shape index (κ1) is 7.54. The van der Waals surface area contributed by atoms with Crippen LogP contribution in [0.15, 0.2) is 36.0 Å². The first-order valence-electron chi connectivity index (χ1n) is 3.27. The average molecular weight is 147 g/mol. The van der Waals surface area contributed by atoms with Crippen LogP contribution in [0.4, 0.5) is 0 Å². The fourth-order valence-corrected chi connectivity index (χ4v) is 0.877. The summed E-state index contributed by atoms with van der Waals surface area (Å²) < 4.78 is 0. The van der Waals surface area contributed by atoms with Crippen LogP contribution in [0.2, 0.25) is 0 Å². The van der Waals surface area contributed by atoms with E-state index in [0.717, 1.165) is 11.1 Å². The Labute approximate surface area is 65.5 Å². The van der Waals surface area contributed by atoms with Gasteiger partial charge in [-0.2, -0.15) is 0 Å². The maximum absolute atomic E-state index is 8.27. The van der Waals surface area contributed by atoms with Crippen LogP contribution in [0.25, 0.3) is 6.08 Å². The summed E-state index contributed by atoms with van der Waals surface area (Å²) in [7, 11) is 0. The van der Waals surface area contributed by atoms with Gasteiger partial charge in [0, 0.05) is 5.56 Å². The van der Waals surface area contributed by atoms with Crippen molar-refractivity contribution in [3.63, 3.8) is 0 Å². The SMILES string of the molecule is C=Cc1ccccc1/C=N/O. The number of hydrogen-bond donors (Lipinski definition) is 1. The predicted molar refractivity (Wildman–Crippen MR) is 45.9 cm³/mol. The second-order valence-corrected chi connectivity index (χ2v) is 2.08. The van der Waals surface area contributed by atoms with E-state index in [1.165, 1.54) is 6.21 Å². The van der Waals surface area contributed by atoms with E-state index in [0.29, 0.717) is 0 Å². The molecule has 0 unspecified atom stereocenters. The topological polar surface area (TPSA) is 32.6 Å². The molecule has 0 bridgehead atoms. The molecule has 11 heavy (non-hydrogen) atoms. The third kappa shape index (κ3) is 1.67. The lowest BCUT2D eigenvalue weighted by Crippen LogP contribution is -1.84. The van der Waals surface area contributed by atoms with Crippen molar-refractivity contribution in [3.8, 4) is 0 Å². The molecule has 0 aromatic heterocycles. The molecule has 0 aliphatic heterocycles. The van der Waals surface area contributed by atoms with Crippen molar-refractivity contribution in [2.24, 2.45) is 5.16 Å².